The minimum Gasteiger partial charge on any atom is -0.459 e. The van der Waals surface area contributed by atoms with Crippen molar-refractivity contribution in [3.05, 3.63) is 192 Å². The van der Waals surface area contributed by atoms with E-state index in [1.54, 1.807) is 152 Å². The molecule has 0 radical (unpaired) electrons. The summed E-state index contributed by atoms with van der Waals surface area (Å²) in [5, 5.41) is 0. The van der Waals surface area contributed by atoms with E-state index in [1.807, 2.05) is 0 Å². The normalized spacial score (nSPS) is 17.2. The molecule has 8 rings (SSSR count). The van der Waals surface area contributed by atoms with Crippen molar-refractivity contribution in [1.29, 1.82) is 0 Å². The Balaban J connectivity index is 1.21. The van der Waals surface area contributed by atoms with E-state index in [0.717, 1.165) is 11.2 Å². The van der Waals surface area contributed by atoms with Crippen LogP contribution >= 0.6 is 0 Å². The molecule has 1 unspecified atom stereocenters. The lowest BCUT2D eigenvalue weighted by molar-refractivity contribution is -0.0606. The van der Waals surface area contributed by atoms with E-state index in [0.29, 0.717) is 0 Å². The number of hydrogen-bond donors (Lipinski definition) is 0. The average molecular weight is 788 g/mol. The van der Waals surface area contributed by atoms with Crippen molar-refractivity contribution in [2.75, 3.05) is 11.5 Å². The van der Waals surface area contributed by atoms with Crippen LogP contribution in [0.3, 0.4) is 0 Å². The second-order valence-electron chi connectivity index (χ2n) is 13.2. The van der Waals surface area contributed by atoms with Crippen LogP contribution in [-0.4, -0.2) is 74.2 Å². The molecule has 2 aromatic heterocycles. The number of rotatable bonds is 11. The summed E-state index contributed by atoms with van der Waals surface area (Å²) in [4.78, 5) is 83.2. The molecule has 5 aromatic carbocycles. The van der Waals surface area contributed by atoms with Gasteiger partial charge in [0.25, 0.3) is 11.8 Å². The van der Waals surface area contributed by atoms with Gasteiger partial charge in [-0.1, -0.05) is 91.0 Å². The first-order chi connectivity index (χ1) is 28.9. The molecule has 4 atom stereocenters. The molecule has 3 heterocycles. The van der Waals surface area contributed by atoms with Crippen LogP contribution < -0.4 is 4.90 Å². The monoisotopic (exact) mass is 787 g/mol. The Labute approximate surface area is 336 Å². The van der Waals surface area contributed by atoms with Crippen molar-refractivity contribution in [2.24, 2.45) is 0 Å². The first-order valence-electron chi connectivity index (χ1n) is 18.4. The van der Waals surface area contributed by atoms with Crippen molar-refractivity contribution < 1.29 is 42.9 Å². The van der Waals surface area contributed by atoms with Gasteiger partial charge < -0.3 is 18.9 Å². The Kier molecular flexibility index (Phi) is 11.0. The summed E-state index contributed by atoms with van der Waals surface area (Å²) in [5.41, 5.74) is 1.21. The fraction of sp³-hybridized carbons (Fsp3) is 0.111. The highest BCUT2D eigenvalue weighted by molar-refractivity contribution is 6.27. The number of nitrogens with zero attached hydrogens (tertiary/aromatic N) is 5. The molecule has 1 aliphatic heterocycles. The van der Waals surface area contributed by atoms with Crippen LogP contribution in [0.5, 0.6) is 0 Å². The third-order valence-corrected chi connectivity index (χ3v) is 9.45. The van der Waals surface area contributed by atoms with E-state index in [4.69, 9.17) is 18.9 Å². The van der Waals surface area contributed by atoms with Gasteiger partial charge in [-0.25, -0.2) is 34.2 Å². The number of anilines is 1. The van der Waals surface area contributed by atoms with Gasteiger partial charge in [0.15, 0.2) is 35.4 Å². The number of benzene rings is 5. The molecular weight excluding hydrogens is 755 g/mol. The van der Waals surface area contributed by atoms with Crippen LogP contribution in [-0.2, 0) is 18.9 Å². The first-order valence-corrected chi connectivity index (χ1v) is 18.4. The van der Waals surface area contributed by atoms with Crippen molar-refractivity contribution in [2.45, 2.75) is 24.5 Å². The molecule has 1 fully saturated rings. The summed E-state index contributed by atoms with van der Waals surface area (Å²) >= 11 is 0. The summed E-state index contributed by atoms with van der Waals surface area (Å²) in [6.45, 7) is -0.422. The Morgan fingerprint density at radius 2 is 0.983 bits per heavy atom. The highest BCUT2D eigenvalue weighted by Gasteiger charge is 2.52. The Bertz CT molecular complexity index is 2560. The highest BCUT2D eigenvalue weighted by atomic mass is 16.7. The number of amides is 2. The number of imidazole rings is 1. The molecular formula is C45H33N5O9. The zero-order valence-corrected chi connectivity index (χ0v) is 31.0. The fourth-order valence-electron chi connectivity index (χ4n) is 6.57. The molecule has 0 spiro atoms. The maximum absolute atomic E-state index is 14.1. The van der Waals surface area contributed by atoms with Crippen LogP contribution in [0.15, 0.2) is 164 Å². The van der Waals surface area contributed by atoms with Gasteiger partial charge in [0, 0.05) is 11.1 Å². The zero-order valence-electron chi connectivity index (χ0n) is 31.0. The molecule has 1 aliphatic rings. The van der Waals surface area contributed by atoms with Gasteiger partial charge in [-0.2, -0.15) is 0 Å². The molecule has 1 saturated heterocycles. The fourth-order valence-corrected chi connectivity index (χ4v) is 6.57. The van der Waals surface area contributed by atoms with Gasteiger partial charge in [0.05, 0.1) is 23.0 Å². The quantitative estimate of drug-likeness (QED) is 0.0792. The lowest BCUT2D eigenvalue weighted by atomic mass is 10.1. The van der Waals surface area contributed by atoms with Crippen molar-refractivity contribution in [1.82, 2.24) is 19.5 Å². The van der Waals surface area contributed by atoms with E-state index in [1.165, 1.54) is 10.9 Å². The van der Waals surface area contributed by atoms with Crippen LogP contribution in [0.4, 0.5) is 5.82 Å². The van der Waals surface area contributed by atoms with E-state index in [-0.39, 0.29) is 44.8 Å². The lowest BCUT2D eigenvalue weighted by Crippen LogP contribution is -2.41. The number of esters is 3. The summed E-state index contributed by atoms with van der Waals surface area (Å²) in [7, 11) is 0. The summed E-state index contributed by atoms with van der Waals surface area (Å²) in [6.07, 6.45) is -2.76. The topological polar surface area (TPSA) is 169 Å². The van der Waals surface area contributed by atoms with Crippen LogP contribution in [0.25, 0.3) is 11.2 Å². The van der Waals surface area contributed by atoms with Crippen molar-refractivity contribution in [3.8, 4) is 0 Å². The smallest absolute Gasteiger partial charge is 0.338 e. The summed E-state index contributed by atoms with van der Waals surface area (Å²) in [5.74, 6) is -3.66. The predicted molar refractivity (Wildman–Crippen MR) is 211 cm³/mol. The molecule has 292 valence electrons. The van der Waals surface area contributed by atoms with Crippen LogP contribution in [0.2, 0.25) is 0 Å². The van der Waals surface area contributed by atoms with E-state index >= 15 is 0 Å². The van der Waals surface area contributed by atoms with Gasteiger partial charge >= 0.3 is 17.9 Å². The standard InChI is InChI=1S/C45H33N5O9/c51-40(29-16-6-1-7-17-29)50(41(52)30-18-8-2-9-19-30)39-35-38(46-27-47-39)49(28-48-35)42-37(59-45(55)33-24-14-5-15-25-33)36(58-44(54)32-22-12-4-13-23-32)34(57-42)26-56-43(53)31-20-10-3-11-21-31/h1-25,27-28,34,36-37,42H,26H2/t34-,36?,37+,42-/m1/s1. The molecule has 0 saturated carbocycles. The van der Waals surface area contributed by atoms with Gasteiger partial charge in [-0.15, -0.1) is 0 Å². The molecule has 2 amide bonds. The number of hydrogen-bond acceptors (Lipinski definition) is 12. The number of aromatic nitrogens is 4. The zero-order chi connectivity index (χ0) is 40.7. The SMILES string of the molecule is O=C(OC[C@H]1O[C@@H](n2cnc3c(N(C(=O)c4ccccc4)C(=O)c4ccccc4)ncnc32)[C@@H](OC(=O)c2ccccc2)C1OC(=O)c1ccccc1)c1ccccc1. The average Bonchev–Trinajstić information content (AvgIpc) is 3.88. The molecule has 7 aromatic rings. The Morgan fingerprint density at radius 1 is 0.542 bits per heavy atom. The molecule has 0 N–H and O–H groups in total. The second-order valence-corrected chi connectivity index (χ2v) is 13.2. The first kappa shape index (κ1) is 38.1. The number of imide groups is 1. The van der Waals surface area contributed by atoms with Crippen molar-refractivity contribution >= 4 is 46.7 Å². The summed E-state index contributed by atoms with van der Waals surface area (Å²) in [6, 6.07) is 41.2. The molecule has 14 nitrogen and oxygen atoms in total. The molecule has 0 bridgehead atoms. The van der Waals surface area contributed by atoms with Crippen LogP contribution in [0.1, 0.15) is 58.0 Å². The summed E-state index contributed by atoms with van der Waals surface area (Å²) < 4.78 is 25.8. The molecule has 14 heteroatoms. The Hall–Kier alpha value is -7.84. The molecule has 0 aliphatic carbocycles. The molecule has 59 heavy (non-hydrogen) atoms. The number of carbonyl (C=O) groups excluding carboxylic acids is 5. The number of fused-ring (bicyclic) bond motifs is 1. The minimum atomic E-state index is -1.39. The van der Waals surface area contributed by atoms with E-state index < -0.39 is 60.9 Å². The van der Waals surface area contributed by atoms with Gasteiger partial charge in [0.2, 0.25) is 0 Å². The van der Waals surface area contributed by atoms with E-state index in [9.17, 15) is 24.0 Å². The van der Waals surface area contributed by atoms with Gasteiger partial charge in [-0.3, -0.25) is 14.2 Å². The lowest BCUT2D eigenvalue weighted by Gasteiger charge is -2.25. The highest BCUT2D eigenvalue weighted by Crippen LogP contribution is 2.38. The van der Waals surface area contributed by atoms with E-state index in [2.05, 4.69) is 15.0 Å². The van der Waals surface area contributed by atoms with Gasteiger partial charge in [-0.05, 0) is 60.7 Å². The maximum Gasteiger partial charge on any atom is 0.338 e. The largest absolute Gasteiger partial charge is 0.459 e. The number of ether oxygens (including phenoxy) is 4. The second kappa shape index (κ2) is 17.1. The third kappa shape index (κ3) is 8.06. The third-order valence-electron chi connectivity index (χ3n) is 9.45. The minimum absolute atomic E-state index is 0.0228. The number of carbonyl (C=O) groups is 5. The van der Waals surface area contributed by atoms with Crippen molar-refractivity contribution in [3.63, 3.8) is 0 Å². The predicted octanol–water partition coefficient (Wildman–Crippen LogP) is 6.52. The Morgan fingerprint density at radius 3 is 1.47 bits per heavy atom. The van der Waals surface area contributed by atoms with Gasteiger partial charge in [0.1, 0.15) is 19.0 Å². The maximum atomic E-state index is 14.1. The van der Waals surface area contributed by atoms with Crippen LogP contribution in [0, 0.1) is 0 Å².